The second-order valence-electron chi connectivity index (χ2n) is 6.82. The van der Waals surface area contributed by atoms with Gasteiger partial charge in [0.25, 0.3) is 0 Å². The minimum Gasteiger partial charge on any atom is -0.488 e. The SMILES string of the molecule is O=C(NCC1Cc2cc3c(cc2O1)CCCC3)OCc1ccccc1. The fourth-order valence-electron chi connectivity index (χ4n) is 3.64. The van der Waals surface area contributed by atoms with Crippen LogP contribution in [0.15, 0.2) is 42.5 Å². The lowest BCUT2D eigenvalue weighted by Gasteiger charge is -2.16. The maximum absolute atomic E-state index is 11.9. The topological polar surface area (TPSA) is 47.6 Å². The van der Waals surface area contributed by atoms with Crippen LogP contribution < -0.4 is 10.1 Å². The van der Waals surface area contributed by atoms with Crippen molar-refractivity contribution in [1.29, 1.82) is 0 Å². The summed E-state index contributed by atoms with van der Waals surface area (Å²) in [7, 11) is 0. The van der Waals surface area contributed by atoms with Crippen molar-refractivity contribution in [2.24, 2.45) is 0 Å². The molecule has 1 aliphatic carbocycles. The van der Waals surface area contributed by atoms with Gasteiger partial charge in [-0.1, -0.05) is 36.4 Å². The molecule has 1 unspecified atom stereocenters. The molecule has 2 aromatic carbocycles. The van der Waals surface area contributed by atoms with Crippen molar-refractivity contribution in [1.82, 2.24) is 5.32 Å². The van der Waals surface area contributed by atoms with E-state index < -0.39 is 6.09 Å². The minimum atomic E-state index is -0.400. The quantitative estimate of drug-likeness (QED) is 0.923. The highest BCUT2D eigenvalue weighted by molar-refractivity contribution is 5.67. The Morgan fingerprint density at radius 2 is 1.84 bits per heavy atom. The van der Waals surface area contributed by atoms with Gasteiger partial charge < -0.3 is 14.8 Å². The molecule has 2 aliphatic rings. The average molecular weight is 337 g/mol. The summed E-state index contributed by atoms with van der Waals surface area (Å²) in [5.74, 6) is 0.991. The first-order chi connectivity index (χ1) is 12.3. The highest BCUT2D eigenvalue weighted by atomic mass is 16.5. The van der Waals surface area contributed by atoms with E-state index in [9.17, 15) is 4.79 Å². The number of carbonyl (C=O) groups excluding carboxylic acids is 1. The summed E-state index contributed by atoms with van der Waals surface area (Å²) in [6.45, 7) is 0.748. The molecule has 0 spiro atoms. The first kappa shape index (κ1) is 16.0. The molecule has 0 saturated heterocycles. The van der Waals surface area contributed by atoms with E-state index in [1.807, 2.05) is 30.3 Å². The van der Waals surface area contributed by atoms with Gasteiger partial charge in [0.15, 0.2) is 0 Å². The molecule has 1 N–H and O–H groups in total. The second kappa shape index (κ2) is 7.18. The first-order valence-corrected chi connectivity index (χ1v) is 9.04. The predicted octanol–water partition coefficient (Wildman–Crippen LogP) is 3.80. The molecule has 0 bridgehead atoms. The zero-order valence-corrected chi connectivity index (χ0v) is 14.3. The Labute approximate surface area is 148 Å². The van der Waals surface area contributed by atoms with Gasteiger partial charge in [0.1, 0.15) is 18.5 Å². The maximum atomic E-state index is 11.9. The van der Waals surface area contributed by atoms with E-state index in [0.717, 1.165) is 24.2 Å². The maximum Gasteiger partial charge on any atom is 0.407 e. The number of aryl methyl sites for hydroxylation is 2. The fourth-order valence-corrected chi connectivity index (χ4v) is 3.64. The van der Waals surface area contributed by atoms with E-state index in [2.05, 4.69) is 17.4 Å². The summed E-state index contributed by atoms with van der Waals surface area (Å²) in [5.41, 5.74) is 5.16. The number of benzene rings is 2. The number of hydrogen-bond acceptors (Lipinski definition) is 3. The van der Waals surface area contributed by atoms with E-state index in [-0.39, 0.29) is 12.7 Å². The number of amides is 1. The Balaban J connectivity index is 1.27. The molecule has 25 heavy (non-hydrogen) atoms. The number of fused-ring (bicyclic) bond motifs is 2. The monoisotopic (exact) mass is 337 g/mol. The van der Waals surface area contributed by atoms with Gasteiger partial charge in [-0.25, -0.2) is 4.79 Å². The molecular formula is C21H23NO3. The molecule has 4 heteroatoms. The van der Waals surface area contributed by atoms with Crippen LogP contribution in [0, 0.1) is 0 Å². The van der Waals surface area contributed by atoms with Crippen molar-refractivity contribution in [2.75, 3.05) is 6.54 Å². The second-order valence-corrected chi connectivity index (χ2v) is 6.82. The molecule has 1 amide bonds. The molecule has 1 atom stereocenters. The molecule has 0 aromatic heterocycles. The highest BCUT2D eigenvalue weighted by Crippen LogP contribution is 2.34. The third-order valence-corrected chi connectivity index (χ3v) is 4.95. The van der Waals surface area contributed by atoms with E-state index in [0.29, 0.717) is 6.54 Å². The van der Waals surface area contributed by atoms with E-state index in [4.69, 9.17) is 9.47 Å². The Bertz CT molecular complexity index is 722. The molecule has 2 aromatic rings. The molecule has 130 valence electrons. The minimum absolute atomic E-state index is 0.0110. The van der Waals surface area contributed by atoms with Crippen molar-refractivity contribution in [3.05, 3.63) is 64.7 Å². The normalized spacial score (nSPS) is 18.0. The van der Waals surface area contributed by atoms with Crippen LogP contribution >= 0.6 is 0 Å². The lowest BCUT2D eigenvalue weighted by Crippen LogP contribution is -2.34. The van der Waals surface area contributed by atoms with Crippen molar-refractivity contribution in [3.8, 4) is 5.75 Å². The van der Waals surface area contributed by atoms with Gasteiger partial charge in [0.2, 0.25) is 0 Å². The first-order valence-electron chi connectivity index (χ1n) is 9.04. The summed E-state index contributed by atoms with van der Waals surface area (Å²) < 4.78 is 11.3. The Kier molecular flexibility index (Phi) is 4.59. The Morgan fingerprint density at radius 3 is 2.64 bits per heavy atom. The summed E-state index contributed by atoms with van der Waals surface area (Å²) >= 11 is 0. The largest absolute Gasteiger partial charge is 0.488 e. The van der Waals surface area contributed by atoms with Gasteiger partial charge >= 0.3 is 6.09 Å². The zero-order valence-electron chi connectivity index (χ0n) is 14.3. The average Bonchev–Trinajstić information content (AvgIpc) is 3.05. The smallest absolute Gasteiger partial charge is 0.407 e. The molecule has 4 rings (SSSR count). The van der Waals surface area contributed by atoms with Crippen molar-refractivity contribution in [2.45, 2.75) is 44.8 Å². The van der Waals surface area contributed by atoms with Gasteiger partial charge in [0.05, 0.1) is 6.54 Å². The van der Waals surface area contributed by atoms with Gasteiger partial charge in [-0.05, 0) is 54.0 Å². The van der Waals surface area contributed by atoms with Crippen molar-refractivity contribution < 1.29 is 14.3 Å². The standard InChI is InChI=1S/C21H23NO3/c23-21(24-14-15-6-2-1-3-7-15)22-13-19-11-18-10-16-8-4-5-9-17(16)12-20(18)25-19/h1-3,6-7,10,12,19H,4-5,8-9,11,13-14H2,(H,22,23). The van der Waals surface area contributed by atoms with Crippen LogP contribution in [0.3, 0.4) is 0 Å². The molecule has 1 heterocycles. The number of hydrogen-bond donors (Lipinski definition) is 1. The zero-order chi connectivity index (χ0) is 17.1. The third kappa shape index (κ3) is 3.78. The van der Waals surface area contributed by atoms with Crippen LogP contribution in [-0.4, -0.2) is 18.7 Å². The molecule has 0 radical (unpaired) electrons. The predicted molar refractivity (Wildman–Crippen MR) is 95.8 cm³/mol. The summed E-state index contributed by atoms with van der Waals surface area (Å²) in [4.78, 5) is 11.9. The fraction of sp³-hybridized carbons (Fsp3) is 0.381. The lowest BCUT2D eigenvalue weighted by molar-refractivity contribution is 0.133. The van der Waals surface area contributed by atoms with Crippen LogP contribution in [0.25, 0.3) is 0 Å². The Morgan fingerprint density at radius 1 is 1.08 bits per heavy atom. The van der Waals surface area contributed by atoms with Gasteiger partial charge in [-0.3, -0.25) is 0 Å². The van der Waals surface area contributed by atoms with Gasteiger partial charge in [-0.15, -0.1) is 0 Å². The molecule has 0 saturated carbocycles. The van der Waals surface area contributed by atoms with Crippen molar-refractivity contribution >= 4 is 6.09 Å². The number of nitrogens with one attached hydrogen (secondary N) is 1. The van der Waals surface area contributed by atoms with Crippen LogP contribution in [0.1, 0.15) is 35.1 Å². The van der Waals surface area contributed by atoms with E-state index >= 15 is 0 Å². The highest BCUT2D eigenvalue weighted by Gasteiger charge is 2.25. The summed E-state index contributed by atoms with van der Waals surface area (Å²) in [6.07, 6.45) is 5.32. The number of carbonyl (C=O) groups is 1. The molecule has 1 aliphatic heterocycles. The summed E-state index contributed by atoms with van der Waals surface area (Å²) in [6, 6.07) is 14.2. The molecule has 4 nitrogen and oxygen atoms in total. The molecular weight excluding hydrogens is 314 g/mol. The van der Waals surface area contributed by atoms with Crippen LogP contribution in [0.4, 0.5) is 4.79 Å². The van der Waals surface area contributed by atoms with E-state index in [1.165, 1.54) is 36.0 Å². The van der Waals surface area contributed by atoms with E-state index in [1.54, 1.807) is 0 Å². The summed E-state index contributed by atoms with van der Waals surface area (Å²) in [5, 5.41) is 2.81. The number of alkyl carbamates (subject to hydrolysis) is 1. The van der Waals surface area contributed by atoms with Crippen LogP contribution in [0.2, 0.25) is 0 Å². The van der Waals surface area contributed by atoms with Gasteiger partial charge in [0, 0.05) is 6.42 Å². The van der Waals surface area contributed by atoms with Crippen molar-refractivity contribution in [3.63, 3.8) is 0 Å². The number of rotatable bonds is 4. The lowest BCUT2D eigenvalue weighted by atomic mass is 9.89. The van der Waals surface area contributed by atoms with Crippen LogP contribution in [-0.2, 0) is 30.6 Å². The molecule has 0 fully saturated rings. The van der Waals surface area contributed by atoms with Crippen LogP contribution in [0.5, 0.6) is 5.75 Å². The number of ether oxygens (including phenoxy) is 2. The Hall–Kier alpha value is -2.49. The third-order valence-electron chi connectivity index (χ3n) is 4.95. The van der Waals surface area contributed by atoms with Gasteiger partial charge in [-0.2, -0.15) is 0 Å².